The number of aryl methyl sites for hydroxylation is 2. The van der Waals surface area contributed by atoms with Gasteiger partial charge in [-0.1, -0.05) is 12.5 Å². The molecule has 2 N–H and O–H groups in total. The Morgan fingerprint density at radius 1 is 1.00 bits per heavy atom. The zero-order chi connectivity index (χ0) is 22.4. The summed E-state index contributed by atoms with van der Waals surface area (Å²) in [7, 11) is -3.75. The van der Waals surface area contributed by atoms with Crippen LogP contribution in [0.25, 0.3) is 0 Å². The van der Waals surface area contributed by atoms with E-state index in [9.17, 15) is 18.0 Å². The zero-order valence-electron chi connectivity index (χ0n) is 18.0. The van der Waals surface area contributed by atoms with Crippen LogP contribution >= 0.6 is 0 Å². The fourth-order valence-corrected chi connectivity index (χ4v) is 4.54. The molecule has 2 amide bonds. The van der Waals surface area contributed by atoms with E-state index in [0.29, 0.717) is 30.8 Å². The number of hydrogen-bond acceptors (Lipinski definition) is 4. The molecule has 3 rings (SSSR count). The SMILES string of the molecule is Cc1ccc(NS(=O)(=O)c2ccc(C(=O)NCCN3CCCCCC3=O)cc2)cc1C. The summed E-state index contributed by atoms with van der Waals surface area (Å²) in [6.07, 6.45) is 3.55. The third-order valence-electron chi connectivity index (χ3n) is 5.52. The molecule has 31 heavy (non-hydrogen) atoms. The molecule has 7 nitrogen and oxygen atoms in total. The van der Waals surface area contributed by atoms with Crippen LogP contribution in [0.2, 0.25) is 0 Å². The largest absolute Gasteiger partial charge is 0.350 e. The van der Waals surface area contributed by atoms with Gasteiger partial charge in [-0.3, -0.25) is 14.3 Å². The third-order valence-corrected chi connectivity index (χ3v) is 6.92. The number of benzene rings is 2. The van der Waals surface area contributed by atoms with Gasteiger partial charge in [-0.05, 0) is 74.2 Å². The summed E-state index contributed by atoms with van der Waals surface area (Å²) >= 11 is 0. The van der Waals surface area contributed by atoms with Crippen molar-refractivity contribution >= 4 is 27.5 Å². The molecule has 1 aliphatic heterocycles. The van der Waals surface area contributed by atoms with Crippen LogP contribution in [0.15, 0.2) is 47.4 Å². The van der Waals surface area contributed by atoms with E-state index in [1.165, 1.54) is 24.3 Å². The van der Waals surface area contributed by atoms with Crippen molar-refractivity contribution in [3.05, 3.63) is 59.2 Å². The Balaban J connectivity index is 1.57. The maximum Gasteiger partial charge on any atom is 0.261 e. The zero-order valence-corrected chi connectivity index (χ0v) is 18.8. The molecule has 1 saturated heterocycles. The first-order valence-corrected chi connectivity index (χ1v) is 12.0. The van der Waals surface area contributed by atoms with Gasteiger partial charge in [-0.2, -0.15) is 0 Å². The van der Waals surface area contributed by atoms with Crippen LogP contribution in [-0.2, 0) is 14.8 Å². The van der Waals surface area contributed by atoms with E-state index in [1.54, 1.807) is 17.0 Å². The topological polar surface area (TPSA) is 95.6 Å². The number of nitrogens with zero attached hydrogens (tertiary/aromatic N) is 1. The van der Waals surface area contributed by atoms with E-state index in [-0.39, 0.29) is 16.7 Å². The van der Waals surface area contributed by atoms with Gasteiger partial charge in [-0.15, -0.1) is 0 Å². The Hall–Kier alpha value is -2.87. The maximum absolute atomic E-state index is 12.6. The molecule has 0 spiro atoms. The molecule has 0 saturated carbocycles. The lowest BCUT2D eigenvalue weighted by Crippen LogP contribution is -2.38. The molecular formula is C23H29N3O4S. The lowest BCUT2D eigenvalue weighted by molar-refractivity contribution is -0.130. The van der Waals surface area contributed by atoms with Crippen LogP contribution in [0.5, 0.6) is 0 Å². The number of nitrogens with one attached hydrogen (secondary N) is 2. The van der Waals surface area contributed by atoms with Crippen molar-refractivity contribution in [2.45, 2.75) is 44.4 Å². The van der Waals surface area contributed by atoms with Crippen LogP contribution in [0.3, 0.4) is 0 Å². The number of sulfonamides is 1. The van der Waals surface area contributed by atoms with Crippen LogP contribution in [-0.4, -0.2) is 44.8 Å². The second-order valence-electron chi connectivity index (χ2n) is 7.88. The van der Waals surface area contributed by atoms with E-state index >= 15 is 0 Å². The van der Waals surface area contributed by atoms with Gasteiger partial charge in [0.1, 0.15) is 0 Å². The minimum atomic E-state index is -3.75. The Bertz CT molecular complexity index is 1050. The first kappa shape index (κ1) is 22.8. The highest BCUT2D eigenvalue weighted by molar-refractivity contribution is 7.92. The third kappa shape index (κ3) is 6.07. The molecule has 1 heterocycles. The lowest BCUT2D eigenvalue weighted by Gasteiger charge is -2.20. The van der Waals surface area contributed by atoms with Crippen molar-refractivity contribution in [1.82, 2.24) is 10.2 Å². The molecule has 1 fully saturated rings. The molecular weight excluding hydrogens is 414 g/mol. The van der Waals surface area contributed by atoms with Gasteiger partial charge in [0.2, 0.25) is 5.91 Å². The molecule has 0 atom stereocenters. The number of hydrogen-bond donors (Lipinski definition) is 2. The molecule has 166 valence electrons. The molecule has 0 unspecified atom stereocenters. The van der Waals surface area contributed by atoms with E-state index in [1.807, 2.05) is 19.9 Å². The molecule has 2 aromatic carbocycles. The van der Waals surface area contributed by atoms with Crippen molar-refractivity contribution in [2.75, 3.05) is 24.4 Å². The second kappa shape index (κ2) is 9.96. The predicted molar refractivity (Wildman–Crippen MR) is 121 cm³/mol. The quantitative estimate of drug-likeness (QED) is 0.687. The van der Waals surface area contributed by atoms with Crippen LogP contribution in [0, 0.1) is 13.8 Å². The summed E-state index contributed by atoms with van der Waals surface area (Å²) in [5.41, 5.74) is 2.94. The molecule has 0 bridgehead atoms. The summed E-state index contributed by atoms with van der Waals surface area (Å²) in [5, 5.41) is 2.80. The fraction of sp³-hybridized carbons (Fsp3) is 0.391. The maximum atomic E-state index is 12.6. The molecule has 2 aromatic rings. The Labute approximate surface area is 183 Å². The van der Waals surface area contributed by atoms with Gasteiger partial charge in [-0.25, -0.2) is 8.42 Å². The molecule has 0 aliphatic carbocycles. The van der Waals surface area contributed by atoms with Crippen molar-refractivity contribution in [3.8, 4) is 0 Å². The van der Waals surface area contributed by atoms with Gasteiger partial charge in [0, 0.05) is 37.3 Å². The van der Waals surface area contributed by atoms with Crippen molar-refractivity contribution in [3.63, 3.8) is 0 Å². The molecule has 0 radical (unpaired) electrons. The highest BCUT2D eigenvalue weighted by Gasteiger charge is 2.18. The first-order valence-electron chi connectivity index (χ1n) is 10.5. The number of rotatable bonds is 7. The van der Waals surface area contributed by atoms with Crippen molar-refractivity contribution in [1.29, 1.82) is 0 Å². The van der Waals surface area contributed by atoms with E-state index in [2.05, 4.69) is 10.0 Å². The molecule has 1 aliphatic rings. The summed E-state index contributed by atoms with van der Waals surface area (Å²) in [5.74, 6) is -0.161. The van der Waals surface area contributed by atoms with E-state index < -0.39 is 10.0 Å². The van der Waals surface area contributed by atoms with E-state index in [4.69, 9.17) is 0 Å². The smallest absolute Gasteiger partial charge is 0.261 e. The highest BCUT2D eigenvalue weighted by Crippen LogP contribution is 2.19. The average molecular weight is 444 g/mol. The lowest BCUT2D eigenvalue weighted by atomic mass is 10.1. The summed E-state index contributed by atoms with van der Waals surface area (Å²) < 4.78 is 27.8. The van der Waals surface area contributed by atoms with Gasteiger partial charge in [0.25, 0.3) is 15.9 Å². The number of carbonyl (C=O) groups is 2. The summed E-state index contributed by atoms with van der Waals surface area (Å²) in [4.78, 5) is 26.3. The van der Waals surface area contributed by atoms with Crippen molar-refractivity contribution < 1.29 is 18.0 Å². The van der Waals surface area contributed by atoms with Crippen LogP contribution < -0.4 is 10.0 Å². The Morgan fingerprint density at radius 3 is 2.45 bits per heavy atom. The average Bonchev–Trinajstić information content (AvgIpc) is 2.95. The minimum absolute atomic E-state index is 0.0810. The van der Waals surface area contributed by atoms with Gasteiger partial charge in [0.15, 0.2) is 0 Å². The first-order chi connectivity index (χ1) is 14.8. The number of carbonyl (C=O) groups excluding carboxylic acids is 2. The molecule has 8 heteroatoms. The van der Waals surface area contributed by atoms with E-state index in [0.717, 1.165) is 36.9 Å². The summed E-state index contributed by atoms with van der Waals surface area (Å²) in [6, 6.07) is 11.2. The monoisotopic (exact) mass is 443 g/mol. The Kier molecular flexibility index (Phi) is 7.33. The molecule has 0 aromatic heterocycles. The number of amides is 2. The minimum Gasteiger partial charge on any atom is -0.350 e. The fourth-order valence-electron chi connectivity index (χ4n) is 3.49. The Morgan fingerprint density at radius 2 is 1.74 bits per heavy atom. The standard InChI is InChI=1S/C23H29N3O4S/c1-17-7-10-20(16-18(17)2)25-31(29,30)21-11-8-19(9-12-21)23(28)24-13-15-26-14-5-3-4-6-22(26)27/h7-12,16,25H,3-6,13-15H2,1-2H3,(H,24,28). The van der Waals surface area contributed by atoms with Gasteiger partial charge < -0.3 is 10.2 Å². The van der Waals surface area contributed by atoms with Crippen molar-refractivity contribution in [2.24, 2.45) is 0 Å². The van der Waals surface area contributed by atoms with Gasteiger partial charge >= 0.3 is 0 Å². The van der Waals surface area contributed by atoms with Crippen LogP contribution in [0.1, 0.15) is 47.2 Å². The summed E-state index contributed by atoms with van der Waals surface area (Å²) in [6.45, 7) is 5.46. The predicted octanol–water partition coefficient (Wildman–Crippen LogP) is 3.24. The second-order valence-corrected chi connectivity index (χ2v) is 9.56. The highest BCUT2D eigenvalue weighted by atomic mass is 32.2. The van der Waals surface area contributed by atoms with Crippen LogP contribution in [0.4, 0.5) is 5.69 Å². The number of anilines is 1. The van der Waals surface area contributed by atoms with Gasteiger partial charge in [0.05, 0.1) is 4.90 Å². The normalized spacial score (nSPS) is 14.8. The number of likely N-dealkylation sites (tertiary alicyclic amines) is 1.